The number of nitrogens with one attached hydrogen (secondary N) is 3. The molecule has 1 aliphatic heterocycles. The molecule has 0 atom stereocenters. The zero-order chi connectivity index (χ0) is 22.0. The molecule has 1 fully saturated rings. The maximum absolute atomic E-state index is 13.1. The number of hydrogen-bond donors (Lipinski definition) is 4. The average Bonchev–Trinajstić information content (AvgIpc) is 2.75. The van der Waals surface area contributed by atoms with Gasteiger partial charge < -0.3 is 20.1 Å². The third-order valence-corrected chi connectivity index (χ3v) is 4.77. The van der Waals surface area contributed by atoms with Gasteiger partial charge in [-0.1, -0.05) is 12.1 Å². The predicted octanol–water partition coefficient (Wildman–Crippen LogP) is 1.97. The number of benzene rings is 1. The zero-order valence-electron chi connectivity index (χ0n) is 16.4. The summed E-state index contributed by atoms with van der Waals surface area (Å²) in [5, 5.41) is 30.2. The van der Waals surface area contributed by atoms with E-state index in [0.29, 0.717) is 29.9 Å². The summed E-state index contributed by atoms with van der Waals surface area (Å²) in [6.45, 7) is 1.02. The number of piperazine rings is 1. The predicted molar refractivity (Wildman–Crippen MR) is 112 cm³/mol. The molecule has 4 N–H and O–H groups in total. The minimum absolute atomic E-state index is 0.0361. The van der Waals surface area contributed by atoms with Gasteiger partial charge in [-0.3, -0.25) is 20.6 Å². The van der Waals surface area contributed by atoms with Crippen LogP contribution in [0, 0.1) is 16.6 Å². The minimum Gasteiger partial charge on any atom is -0.504 e. The summed E-state index contributed by atoms with van der Waals surface area (Å²) in [4.78, 5) is 22.2. The summed E-state index contributed by atoms with van der Waals surface area (Å²) >= 11 is 0. The number of rotatable bonds is 4. The molecule has 1 amide bonds. The number of pyridine rings is 2. The van der Waals surface area contributed by atoms with Crippen LogP contribution < -0.4 is 10.2 Å². The van der Waals surface area contributed by atoms with Crippen molar-refractivity contribution in [2.45, 2.75) is 6.42 Å². The Kier molecular flexibility index (Phi) is 5.44. The lowest BCUT2D eigenvalue weighted by Gasteiger charge is -2.29. The number of nitrogens with zero attached hydrogens (tertiary/aromatic N) is 3. The molecule has 31 heavy (non-hydrogen) atoms. The van der Waals surface area contributed by atoms with Crippen LogP contribution in [0.15, 0.2) is 42.6 Å². The van der Waals surface area contributed by atoms with Crippen LogP contribution in [0.5, 0.6) is 5.75 Å². The van der Waals surface area contributed by atoms with Gasteiger partial charge in [-0.05, 0) is 29.8 Å². The Morgan fingerprint density at radius 2 is 2.03 bits per heavy atom. The second-order valence-corrected chi connectivity index (χ2v) is 6.96. The minimum atomic E-state index is -0.528. The van der Waals surface area contributed by atoms with Gasteiger partial charge in [0.1, 0.15) is 17.2 Å². The van der Waals surface area contributed by atoms with E-state index in [4.69, 9.17) is 15.6 Å². The molecule has 0 radical (unpaired) electrons. The van der Waals surface area contributed by atoms with Gasteiger partial charge in [-0.25, -0.2) is 9.37 Å². The molecule has 0 aliphatic carbocycles. The van der Waals surface area contributed by atoms with Gasteiger partial charge in [0.25, 0.3) is 0 Å². The number of carbonyl (C=O) groups is 1. The molecule has 9 nitrogen and oxygen atoms in total. The van der Waals surface area contributed by atoms with Crippen molar-refractivity contribution in [2.24, 2.45) is 0 Å². The first-order chi connectivity index (χ1) is 14.9. The van der Waals surface area contributed by atoms with Gasteiger partial charge in [0.15, 0.2) is 17.3 Å². The fourth-order valence-electron chi connectivity index (χ4n) is 3.32. The molecule has 10 heteroatoms. The molecule has 4 rings (SSSR count). The lowest BCUT2D eigenvalue weighted by atomic mass is 10.1. The molecule has 1 aromatic carbocycles. The van der Waals surface area contributed by atoms with Crippen LogP contribution in [0.1, 0.15) is 11.3 Å². The van der Waals surface area contributed by atoms with Crippen molar-refractivity contribution in [1.29, 1.82) is 10.8 Å². The van der Waals surface area contributed by atoms with E-state index in [1.54, 1.807) is 17.0 Å². The van der Waals surface area contributed by atoms with Gasteiger partial charge >= 0.3 is 0 Å². The molecule has 0 saturated carbocycles. The second kappa shape index (κ2) is 8.34. The zero-order valence-corrected chi connectivity index (χ0v) is 16.4. The monoisotopic (exact) mass is 422 g/mol. The summed E-state index contributed by atoms with van der Waals surface area (Å²) < 4.78 is 18.3. The van der Waals surface area contributed by atoms with Gasteiger partial charge in [0.2, 0.25) is 11.8 Å². The number of halogens is 1. The smallest absolute Gasteiger partial charge is 0.243 e. The van der Waals surface area contributed by atoms with Gasteiger partial charge in [-0.2, -0.15) is 0 Å². The third-order valence-electron chi connectivity index (χ3n) is 4.77. The van der Waals surface area contributed by atoms with Crippen LogP contribution in [0.3, 0.4) is 0 Å². The van der Waals surface area contributed by atoms with Crippen LogP contribution in [0.25, 0.3) is 10.9 Å². The number of carbonyl (C=O) groups excluding carboxylic acids is 1. The molecular weight excluding hydrogens is 403 g/mol. The SMILES string of the molecule is N=C(Cc1ccc(F)cc1)OC(=N)c1nc(N2CCNC(=O)C2)c2cccnc2c1O. The average molecular weight is 422 g/mol. The van der Waals surface area contributed by atoms with Crippen molar-refractivity contribution in [3.8, 4) is 5.75 Å². The van der Waals surface area contributed by atoms with E-state index in [1.165, 1.54) is 30.5 Å². The Morgan fingerprint density at radius 1 is 1.26 bits per heavy atom. The van der Waals surface area contributed by atoms with Crippen molar-refractivity contribution in [3.63, 3.8) is 0 Å². The van der Waals surface area contributed by atoms with Crippen molar-refractivity contribution in [1.82, 2.24) is 15.3 Å². The van der Waals surface area contributed by atoms with E-state index in [1.807, 2.05) is 0 Å². The number of amides is 1. The van der Waals surface area contributed by atoms with Crippen LogP contribution in [0.4, 0.5) is 10.2 Å². The molecule has 2 aromatic heterocycles. The summed E-state index contributed by atoms with van der Waals surface area (Å²) in [6, 6.07) is 9.01. The van der Waals surface area contributed by atoms with Gasteiger partial charge in [0.05, 0.1) is 6.54 Å². The Balaban J connectivity index is 1.64. The highest BCUT2D eigenvalue weighted by atomic mass is 19.1. The Hall–Kier alpha value is -4.08. The van der Waals surface area contributed by atoms with E-state index in [2.05, 4.69) is 15.3 Å². The summed E-state index contributed by atoms with van der Waals surface area (Å²) in [6.07, 6.45) is 1.54. The molecular formula is C21H19FN6O3. The van der Waals surface area contributed by atoms with E-state index < -0.39 is 5.90 Å². The quantitative estimate of drug-likeness (QED) is 0.375. The number of ether oxygens (including phenoxy) is 1. The highest BCUT2D eigenvalue weighted by Crippen LogP contribution is 2.33. The molecule has 3 heterocycles. The standard InChI is InChI=1S/C21H19FN6O3/c22-13-5-3-12(4-6-13)10-15(23)31-20(24)18-19(30)17-14(2-1-7-26-17)21(27-18)28-9-8-25-16(29)11-28/h1-7,23-24,30H,8-11H2,(H,25,29). The second-order valence-electron chi connectivity index (χ2n) is 6.96. The van der Waals surface area contributed by atoms with E-state index in [0.717, 1.165) is 0 Å². The number of aromatic hydroxyl groups is 1. The van der Waals surface area contributed by atoms with Crippen molar-refractivity contribution in [2.75, 3.05) is 24.5 Å². The molecule has 1 saturated heterocycles. The van der Waals surface area contributed by atoms with Crippen molar-refractivity contribution >= 4 is 34.4 Å². The van der Waals surface area contributed by atoms with Crippen LogP contribution >= 0.6 is 0 Å². The topological polar surface area (TPSA) is 135 Å². The van der Waals surface area contributed by atoms with Crippen molar-refractivity contribution in [3.05, 3.63) is 59.7 Å². The Labute approximate surface area is 176 Å². The normalized spacial score (nSPS) is 13.7. The molecule has 1 aliphatic rings. The first-order valence-corrected chi connectivity index (χ1v) is 9.50. The largest absolute Gasteiger partial charge is 0.504 e. The maximum Gasteiger partial charge on any atom is 0.243 e. The van der Waals surface area contributed by atoms with Crippen molar-refractivity contribution < 1.29 is 19.0 Å². The van der Waals surface area contributed by atoms with E-state index in [-0.39, 0.29) is 47.5 Å². The fourth-order valence-corrected chi connectivity index (χ4v) is 3.32. The van der Waals surface area contributed by atoms with Gasteiger partial charge in [-0.15, -0.1) is 0 Å². The summed E-state index contributed by atoms with van der Waals surface area (Å²) in [5.74, 6) is -1.30. The summed E-state index contributed by atoms with van der Waals surface area (Å²) in [5.41, 5.74) is 0.666. The maximum atomic E-state index is 13.1. The van der Waals surface area contributed by atoms with Crippen LogP contribution in [-0.2, 0) is 16.0 Å². The van der Waals surface area contributed by atoms with Crippen LogP contribution in [-0.4, -0.2) is 52.4 Å². The van der Waals surface area contributed by atoms with Crippen LogP contribution in [0.2, 0.25) is 0 Å². The van der Waals surface area contributed by atoms with Gasteiger partial charge in [0, 0.05) is 31.1 Å². The molecule has 158 valence electrons. The van der Waals surface area contributed by atoms with E-state index >= 15 is 0 Å². The molecule has 0 unspecified atom stereocenters. The number of aromatic nitrogens is 2. The molecule has 0 spiro atoms. The first kappa shape index (κ1) is 20.2. The fraction of sp³-hybridized carbons (Fsp3) is 0.190. The molecule has 0 bridgehead atoms. The molecule has 3 aromatic rings. The first-order valence-electron chi connectivity index (χ1n) is 9.50. The highest BCUT2D eigenvalue weighted by Gasteiger charge is 2.25. The number of fused-ring (bicyclic) bond motifs is 1. The van der Waals surface area contributed by atoms with E-state index in [9.17, 15) is 14.3 Å². The third kappa shape index (κ3) is 4.27. The summed E-state index contributed by atoms with van der Waals surface area (Å²) in [7, 11) is 0. The Morgan fingerprint density at radius 3 is 2.77 bits per heavy atom. The lowest BCUT2D eigenvalue weighted by Crippen LogP contribution is -2.48. The number of anilines is 1. The highest BCUT2D eigenvalue weighted by molar-refractivity contribution is 6.06. The Bertz CT molecular complexity index is 1180. The number of hydrogen-bond acceptors (Lipinski definition) is 8. The lowest BCUT2D eigenvalue weighted by molar-refractivity contribution is -0.120.